The number of benzene rings is 1. The summed E-state index contributed by atoms with van der Waals surface area (Å²) >= 11 is 0. The third kappa shape index (κ3) is 3.29. The summed E-state index contributed by atoms with van der Waals surface area (Å²) in [4.78, 5) is 39.7. The number of aryl methyl sites for hydroxylation is 1. The maximum atomic E-state index is 13.0. The Kier molecular flexibility index (Phi) is 4.89. The normalized spacial score (nSPS) is 21.0. The van der Waals surface area contributed by atoms with Gasteiger partial charge in [0.25, 0.3) is 11.8 Å². The molecule has 8 heteroatoms. The summed E-state index contributed by atoms with van der Waals surface area (Å²) in [6.45, 7) is 0.223. The lowest BCUT2D eigenvalue weighted by Gasteiger charge is -2.32. The number of nitrogens with zero attached hydrogens (tertiary/aromatic N) is 4. The number of amides is 3. The monoisotopic (exact) mass is 391 g/mol. The Hall–Kier alpha value is -3.47. The van der Waals surface area contributed by atoms with Crippen molar-refractivity contribution in [2.45, 2.75) is 25.7 Å². The molecule has 2 aromatic rings. The number of hydrogen-bond acceptors (Lipinski definition) is 5. The van der Waals surface area contributed by atoms with Gasteiger partial charge in [-0.1, -0.05) is 25.0 Å². The van der Waals surface area contributed by atoms with Gasteiger partial charge in [-0.25, -0.2) is 0 Å². The van der Waals surface area contributed by atoms with Crippen LogP contribution in [0.2, 0.25) is 0 Å². The van der Waals surface area contributed by atoms with Gasteiger partial charge in [-0.05, 0) is 30.9 Å². The molecule has 1 fully saturated rings. The topological polar surface area (TPSA) is 108 Å². The molecule has 2 heterocycles. The molecule has 1 aliphatic heterocycles. The molecule has 8 nitrogen and oxygen atoms in total. The van der Waals surface area contributed by atoms with Crippen molar-refractivity contribution in [1.29, 1.82) is 5.26 Å². The van der Waals surface area contributed by atoms with E-state index in [2.05, 4.69) is 10.4 Å². The Morgan fingerprint density at radius 3 is 2.52 bits per heavy atom. The summed E-state index contributed by atoms with van der Waals surface area (Å²) in [6.07, 6.45) is 4.72. The van der Waals surface area contributed by atoms with Crippen LogP contribution in [0.1, 0.15) is 52.0 Å². The average molecular weight is 391 g/mol. The van der Waals surface area contributed by atoms with Crippen molar-refractivity contribution in [3.63, 3.8) is 0 Å². The van der Waals surface area contributed by atoms with Crippen LogP contribution in [0.5, 0.6) is 0 Å². The average Bonchev–Trinajstić information content (AvgIpc) is 3.21. The van der Waals surface area contributed by atoms with Crippen molar-refractivity contribution in [3.8, 4) is 6.07 Å². The van der Waals surface area contributed by atoms with E-state index in [1.165, 1.54) is 15.8 Å². The van der Waals surface area contributed by atoms with Crippen molar-refractivity contribution in [3.05, 3.63) is 47.2 Å². The zero-order chi connectivity index (χ0) is 20.5. The largest absolute Gasteiger partial charge is 0.310 e. The fourth-order valence-corrected chi connectivity index (χ4v) is 4.29. The van der Waals surface area contributed by atoms with Gasteiger partial charge in [0.05, 0.1) is 17.3 Å². The molecule has 1 N–H and O–H groups in total. The number of anilines is 1. The SMILES string of the molecule is Cn1ncc(C#N)c1NC(=O)C1CCCCC1CN1C(=O)c2ccccc2C1=O. The molecular weight excluding hydrogens is 370 g/mol. The lowest BCUT2D eigenvalue weighted by atomic mass is 9.78. The summed E-state index contributed by atoms with van der Waals surface area (Å²) < 4.78 is 1.46. The highest BCUT2D eigenvalue weighted by Crippen LogP contribution is 2.34. The van der Waals surface area contributed by atoms with E-state index in [0.717, 1.165) is 19.3 Å². The second-order valence-corrected chi connectivity index (χ2v) is 7.55. The lowest BCUT2D eigenvalue weighted by molar-refractivity contribution is -0.122. The number of imide groups is 1. The first-order valence-electron chi connectivity index (χ1n) is 9.69. The van der Waals surface area contributed by atoms with Gasteiger partial charge < -0.3 is 5.32 Å². The minimum absolute atomic E-state index is 0.121. The van der Waals surface area contributed by atoms with E-state index in [1.54, 1.807) is 31.3 Å². The molecular formula is C21H21N5O3. The van der Waals surface area contributed by atoms with Crippen LogP contribution in [-0.2, 0) is 11.8 Å². The number of carbonyl (C=O) groups is 3. The zero-order valence-electron chi connectivity index (χ0n) is 16.1. The van der Waals surface area contributed by atoms with Crippen LogP contribution in [-0.4, -0.2) is 38.9 Å². The second-order valence-electron chi connectivity index (χ2n) is 7.55. The quantitative estimate of drug-likeness (QED) is 0.805. The third-order valence-electron chi connectivity index (χ3n) is 5.84. The van der Waals surface area contributed by atoms with E-state index in [9.17, 15) is 19.6 Å². The van der Waals surface area contributed by atoms with Crippen LogP contribution >= 0.6 is 0 Å². The molecule has 3 amide bonds. The van der Waals surface area contributed by atoms with Gasteiger partial charge in [-0.3, -0.25) is 24.0 Å². The van der Waals surface area contributed by atoms with E-state index in [1.807, 2.05) is 6.07 Å². The fraction of sp³-hybridized carbons (Fsp3) is 0.381. The molecule has 4 rings (SSSR count). The van der Waals surface area contributed by atoms with Gasteiger partial charge in [0, 0.05) is 19.5 Å². The standard InChI is InChI=1S/C21H21N5O3/c1-25-18(14(10-22)11-23-25)24-19(27)15-7-3-2-6-13(15)12-26-20(28)16-8-4-5-9-17(16)21(26)29/h4-5,8-9,11,13,15H,2-3,6-7,12H2,1H3,(H,24,27). The zero-order valence-corrected chi connectivity index (χ0v) is 16.1. The number of rotatable bonds is 4. The van der Waals surface area contributed by atoms with Crippen LogP contribution in [0, 0.1) is 23.2 Å². The molecule has 1 aliphatic carbocycles. The van der Waals surface area contributed by atoms with Crippen LogP contribution < -0.4 is 5.32 Å². The van der Waals surface area contributed by atoms with Crippen molar-refractivity contribution in [1.82, 2.24) is 14.7 Å². The Labute approximate surface area is 168 Å². The smallest absolute Gasteiger partial charge is 0.261 e. The van der Waals surface area contributed by atoms with Gasteiger partial charge in [0.15, 0.2) is 0 Å². The first kappa shape index (κ1) is 18.9. The Morgan fingerprint density at radius 1 is 1.21 bits per heavy atom. The second kappa shape index (κ2) is 7.51. The van der Waals surface area contributed by atoms with Gasteiger partial charge in [0.1, 0.15) is 17.5 Å². The molecule has 0 saturated heterocycles. The van der Waals surface area contributed by atoms with Gasteiger partial charge in [-0.2, -0.15) is 10.4 Å². The molecule has 1 aromatic heterocycles. The minimum Gasteiger partial charge on any atom is -0.310 e. The first-order chi connectivity index (χ1) is 14.0. The number of aromatic nitrogens is 2. The summed E-state index contributed by atoms with van der Waals surface area (Å²) in [5.41, 5.74) is 1.14. The molecule has 0 bridgehead atoms. The lowest BCUT2D eigenvalue weighted by Crippen LogP contribution is -2.41. The van der Waals surface area contributed by atoms with Crippen LogP contribution in [0.15, 0.2) is 30.5 Å². The van der Waals surface area contributed by atoms with Gasteiger partial charge in [-0.15, -0.1) is 0 Å². The van der Waals surface area contributed by atoms with E-state index < -0.39 is 0 Å². The Balaban J connectivity index is 1.52. The number of fused-ring (bicyclic) bond motifs is 1. The number of nitriles is 1. The fourth-order valence-electron chi connectivity index (χ4n) is 4.29. The maximum absolute atomic E-state index is 13.0. The van der Waals surface area contributed by atoms with E-state index in [4.69, 9.17) is 0 Å². The highest BCUT2D eigenvalue weighted by Gasteiger charge is 2.40. The molecule has 2 atom stereocenters. The molecule has 2 unspecified atom stereocenters. The Bertz CT molecular complexity index is 1000. The summed E-state index contributed by atoms with van der Waals surface area (Å²) in [5, 5.41) is 16.0. The molecule has 1 saturated carbocycles. The molecule has 29 heavy (non-hydrogen) atoms. The molecule has 148 valence electrons. The van der Waals surface area contributed by atoms with Crippen molar-refractivity contribution < 1.29 is 14.4 Å². The maximum Gasteiger partial charge on any atom is 0.261 e. The van der Waals surface area contributed by atoms with Crippen LogP contribution in [0.25, 0.3) is 0 Å². The van der Waals surface area contributed by atoms with Gasteiger partial charge in [0.2, 0.25) is 5.91 Å². The minimum atomic E-state index is -0.338. The van der Waals surface area contributed by atoms with Crippen LogP contribution in [0.4, 0.5) is 5.82 Å². The van der Waals surface area contributed by atoms with E-state index in [0.29, 0.717) is 28.9 Å². The Morgan fingerprint density at radius 2 is 1.86 bits per heavy atom. The highest BCUT2D eigenvalue weighted by atomic mass is 16.2. The number of carbonyl (C=O) groups excluding carboxylic acids is 3. The summed E-state index contributed by atoms with van der Waals surface area (Å²) in [6, 6.07) is 8.82. The number of hydrogen-bond donors (Lipinski definition) is 1. The molecule has 2 aliphatic rings. The molecule has 0 spiro atoms. The molecule has 1 aromatic carbocycles. The predicted molar refractivity (Wildman–Crippen MR) is 104 cm³/mol. The number of nitrogens with one attached hydrogen (secondary N) is 1. The van der Waals surface area contributed by atoms with E-state index in [-0.39, 0.29) is 36.1 Å². The first-order valence-corrected chi connectivity index (χ1v) is 9.69. The molecule has 0 radical (unpaired) electrons. The van der Waals surface area contributed by atoms with Crippen molar-refractivity contribution in [2.24, 2.45) is 18.9 Å². The van der Waals surface area contributed by atoms with Crippen molar-refractivity contribution in [2.75, 3.05) is 11.9 Å². The summed E-state index contributed by atoms with van der Waals surface area (Å²) in [5.74, 6) is -0.893. The summed E-state index contributed by atoms with van der Waals surface area (Å²) in [7, 11) is 1.66. The van der Waals surface area contributed by atoms with Crippen molar-refractivity contribution >= 4 is 23.5 Å². The van der Waals surface area contributed by atoms with Gasteiger partial charge >= 0.3 is 0 Å². The van der Waals surface area contributed by atoms with Crippen LogP contribution in [0.3, 0.4) is 0 Å². The highest BCUT2D eigenvalue weighted by molar-refractivity contribution is 6.21. The third-order valence-corrected chi connectivity index (χ3v) is 5.84. The predicted octanol–water partition coefficient (Wildman–Crippen LogP) is 2.33. The van der Waals surface area contributed by atoms with E-state index >= 15 is 0 Å².